The van der Waals surface area contributed by atoms with E-state index in [2.05, 4.69) is 12.2 Å². The Labute approximate surface area is 154 Å². The highest BCUT2D eigenvalue weighted by molar-refractivity contribution is 5.99. The summed E-state index contributed by atoms with van der Waals surface area (Å²) < 4.78 is 5.61. The number of phenols is 1. The van der Waals surface area contributed by atoms with E-state index in [0.717, 1.165) is 18.5 Å². The first-order valence-electron chi connectivity index (χ1n) is 9.02. The van der Waals surface area contributed by atoms with Crippen LogP contribution < -0.4 is 10.1 Å². The molecule has 3 N–H and O–H groups in total. The van der Waals surface area contributed by atoms with Crippen LogP contribution in [0.15, 0.2) is 48.5 Å². The number of aryl methyl sites for hydroxylation is 1. The summed E-state index contributed by atoms with van der Waals surface area (Å²) in [6, 6.07) is 14.3. The van der Waals surface area contributed by atoms with E-state index in [4.69, 9.17) is 4.74 Å². The Morgan fingerprint density at radius 1 is 1.19 bits per heavy atom. The van der Waals surface area contributed by atoms with Crippen molar-refractivity contribution in [1.29, 1.82) is 0 Å². The van der Waals surface area contributed by atoms with Gasteiger partial charge in [0.05, 0.1) is 5.56 Å². The number of Topliss-reactive ketones (excluding diaryl/α,β-unsaturated/α-hetero) is 1. The zero-order valence-electron chi connectivity index (χ0n) is 15.1. The quantitative estimate of drug-likeness (QED) is 0.426. The van der Waals surface area contributed by atoms with Crippen LogP contribution >= 0.6 is 0 Å². The molecule has 26 heavy (non-hydrogen) atoms. The van der Waals surface area contributed by atoms with Gasteiger partial charge in [-0.1, -0.05) is 37.3 Å². The first-order valence-corrected chi connectivity index (χ1v) is 9.02. The highest BCUT2D eigenvalue weighted by atomic mass is 16.5. The molecule has 0 radical (unpaired) electrons. The molecule has 2 aromatic rings. The lowest BCUT2D eigenvalue weighted by Gasteiger charge is -2.15. The maximum Gasteiger partial charge on any atom is 0.166 e. The number of carbonyl (C=O) groups excluding carboxylic acids is 1. The monoisotopic (exact) mass is 357 g/mol. The van der Waals surface area contributed by atoms with Gasteiger partial charge in [-0.15, -0.1) is 0 Å². The van der Waals surface area contributed by atoms with Crippen molar-refractivity contribution >= 4 is 5.78 Å². The highest BCUT2D eigenvalue weighted by Crippen LogP contribution is 2.26. The number of aromatic hydroxyl groups is 1. The summed E-state index contributed by atoms with van der Waals surface area (Å²) in [5.41, 5.74) is 1.52. The molecule has 2 aromatic carbocycles. The van der Waals surface area contributed by atoms with Gasteiger partial charge in [0.1, 0.15) is 24.2 Å². The Morgan fingerprint density at radius 2 is 1.96 bits per heavy atom. The number of hydrogen-bond donors (Lipinski definition) is 3. The van der Waals surface area contributed by atoms with E-state index in [1.807, 2.05) is 30.3 Å². The molecule has 0 saturated carbocycles. The SMILES string of the molecule is CCCNCC(O)COc1cc(O)ccc1C(=O)CCc1ccccc1. The van der Waals surface area contributed by atoms with Crippen molar-refractivity contribution in [3.63, 3.8) is 0 Å². The number of carbonyl (C=O) groups is 1. The normalized spacial score (nSPS) is 11.9. The van der Waals surface area contributed by atoms with Gasteiger partial charge in [-0.05, 0) is 37.1 Å². The number of benzene rings is 2. The summed E-state index contributed by atoms with van der Waals surface area (Å²) in [6.07, 6.45) is 1.30. The molecular weight excluding hydrogens is 330 g/mol. The summed E-state index contributed by atoms with van der Waals surface area (Å²) in [7, 11) is 0. The Bertz CT molecular complexity index is 688. The van der Waals surface area contributed by atoms with Crippen LogP contribution in [0.1, 0.15) is 35.7 Å². The number of aliphatic hydroxyl groups is 1. The number of rotatable bonds is 11. The van der Waals surface area contributed by atoms with E-state index in [0.29, 0.717) is 30.7 Å². The molecule has 1 unspecified atom stereocenters. The molecule has 0 aliphatic rings. The van der Waals surface area contributed by atoms with Crippen LogP contribution in [0.4, 0.5) is 0 Å². The van der Waals surface area contributed by atoms with Crippen LogP contribution in [0, 0.1) is 0 Å². The fraction of sp³-hybridized carbons (Fsp3) is 0.381. The average Bonchev–Trinajstić information content (AvgIpc) is 2.65. The van der Waals surface area contributed by atoms with E-state index >= 15 is 0 Å². The van der Waals surface area contributed by atoms with Gasteiger partial charge in [-0.2, -0.15) is 0 Å². The summed E-state index contributed by atoms with van der Waals surface area (Å²) in [6.45, 7) is 3.35. The van der Waals surface area contributed by atoms with Gasteiger partial charge in [-0.3, -0.25) is 4.79 Å². The molecule has 0 aliphatic carbocycles. The summed E-state index contributed by atoms with van der Waals surface area (Å²) >= 11 is 0. The minimum atomic E-state index is -0.684. The summed E-state index contributed by atoms with van der Waals surface area (Å²) in [5.74, 6) is 0.276. The average molecular weight is 357 g/mol. The van der Waals surface area contributed by atoms with Crippen molar-refractivity contribution in [2.45, 2.75) is 32.3 Å². The number of aliphatic hydroxyl groups excluding tert-OH is 1. The highest BCUT2D eigenvalue weighted by Gasteiger charge is 2.15. The molecule has 0 fully saturated rings. The van der Waals surface area contributed by atoms with Crippen LogP contribution in [0.2, 0.25) is 0 Å². The summed E-state index contributed by atoms with van der Waals surface area (Å²) in [5, 5.41) is 22.8. The lowest BCUT2D eigenvalue weighted by molar-refractivity contribution is 0.0950. The Hall–Kier alpha value is -2.37. The van der Waals surface area contributed by atoms with E-state index < -0.39 is 6.10 Å². The third kappa shape index (κ3) is 6.50. The summed E-state index contributed by atoms with van der Waals surface area (Å²) in [4.78, 5) is 12.6. The number of phenolic OH excluding ortho intramolecular Hbond substituents is 1. The van der Waals surface area contributed by atoms with Gasteiger partial charge in [-0.25, -0.2) is 0 Å². The fourth-order valence-corrected chi connectivity index (χ4v) is 2.59. The second-order valence-corrected chi connectivity index (χ2v) is 6.26. The van der Waals surface area contributed by atoms with Crippen molar-refractivity contribution in [3.05, 3.63) is 59.7 Å². The number of ketones is 1. The van der Waals surface area contributed by atoms with Gasteiger partial charge < -0.3 is 20.3 Å². The molecule has 0 saturated heterocycles. The molecule has 5 heteroatoms. The van der Waals surface area contributed by atoms with Crippen molar-refractivity contribution in [2.24, 2.45) is 0 Å². The fourth-order valence-electron chi connectivity index (χ4n) is 2.59. The van der Waals surface area contributed by atoms with Crippen molar-refractivity contribution in [1.82, 2.24) is 5.32 Å². The topological polar surface area (TPSA) is 78.8 Å². The third-order valence-electron chi connectivity index (χ3n) is 3.99. The maximum absolute atomic E-state index is 12.6. The largest absolute Gasteiger partial charge is 0.508 e. The molecule has 1 atom stereocenters. The van der Waals surface area contributed by atoms with Gasteiger partial charge in [0, 0.05) is 19.0 Å². The van der Waals surface area contributed by atoms with Crippen molar-refractivity contribution < 1.29 is 19.7 Å². The molecule has 0 amide bonds. The second-order valence-electron chi connectivity index (χ2n) is 6.26. The zero-order valence-corrected chi connectivity index (χ0v) is 15.1. The predicted octanol–water partition coefficient (Wildman–Crippen LogP) is 2.95. The lowest BCUT2D eigenvalue weighted by atomic mass is 10.0. The maximum atomic E-state index is 12.6. The van der Waals surface area contributed by atoms with Gasteiger partial charge >= 0.3 is 0 Å². The van der Waals surface area contributed by atoms with Crippen LogP contribution in [0.3, 0.4) is 0 Å². The van der Waals surface area contributed by atoms with E-state index in [9.17, 15) is 15.0 Å². The Morgan fingerprint density at radius 3 is 2.69 bits per heavy atom. The first kappa shape index (κ1) is 19.9. The molecule has 140 valence electrons. The molecule has 0 spiro atoms. The Kier molecular flexibility index (Phi) is 8.12. The third-order valence-corrected chi connectivity index (χ3v) is 3.99. The van der Waals surface area contributed by atoms with Gasteiger partial charge in [0.25, 0.3) is 0 Å². The van der Waals surface area contributed by atoms with E-state index in [-0.39, 0.29) is 18.1 Å². The van der Waals surface area contributed by atoms with Crippen LogP contribution in [-0.4, -0.2) is 41.8 Å². The molecule has 0 heterocycles. The predicted molar refractivity (Wildman–Crippen MR) is 102 cm³/mol. The second kappa shape index (κ2) is 10.6. The Balaban J connectivity index is 1.96. The molecule has 0 aliphatic heterocycles. The minimum Gasteiger partial charge on any atom is -0.508 e. The van der Waals surface area contributed by atoms with E-state index in [1.54, 1.807) is 6.07 Å². The van der Waals surface area contributed by atoms with Crippen LogP contribution in [-0.2, 0) is 6.42 Å². The minimum absolute atomic E-state index is 0.0261. The molecule has 5 nitrogen and oxygen atoms in total. The smallest absolute Gasteiger partial charge is 0.166 e. The molecule has 2 rings (SSSR count). The van der Waals surface area contributed by atoms with Crippen molar-refractivity contribution in [3.8, 4) is 11.5 Å². The lowest BCUT2D eigenvalue weighted by Crippen LogP contribution is -2.32. The number of ether oxygens (including phenoxy) is 1. The van der Waals surface area contributed by atoms with Crippen molar-refractivity contribution in [2.75, 3.05) is 19.7 Å². The first-order chi connectivity index (χ1) is 12.6. The van der Waals surface area contributed by atoms with Gasteiger partial charge in [0.15, 0.2) is 5.78 Å². The van der Waals surface area contributed by atoms with Gasteiger partial charge in [0.2, 0.25) is 0 Å². The molecular formula is C21H27NO4. The standard InChI is InChI=1S/C21H27NO4/c1-2-12-22-14-18(24)15-26-21-13-17(23)9-10-19(21)20(25)11-8-16-6-4-3-5-7-16/h3-7,9-10,13,18,22-24H,2,8,11-12,14-15H2,1H3. The van der Waals surface area contributed by atoms with E-state index in [1.165, 1.54) is 12.1 Å². The number of hydrogen-bond acceptors (Lipinski definition) is 5. The van der Waals surface area contributed by atoms with Crippen LogP contribution in [0.25, 0.3) is 0 Å². The molecule has 0 aromatic heterocycles. The zero-order chi connectivity index (χ0) is 18.8. The van der Waals surface area contributed by atoms with Crippen LogP contribution in [0.5, 0.6) is 11.5 Å². The number of nitrogens with one attached hydrogen (secondary N) is 1. The molecule has 0 bridgehead atoms.